The zero-order valence-electron chi connectivity index (χ0n) is 17.6. The van der Waals surface area contributed by atoms with Crippen LogP contribution < -0.4 is 10.5 Å². The van der Waals surface area contributed by atoms with Crippen molar-refractivity contribution in [3.8, 4) is 11.1 Å². The fourth-order valence-electron chi connectivity index (χ4n) is 5.48. The van der Waals surface area contributed by atoms with E-state index < -0.39 is 0 Å². The molecule has 1 saturated carbocycles. The molecule has 0 radical (unpaired) electrons. The molecule has 0 amide bonds. The molecule has 4 nitrogen and oxygen atoms in total. The van der Waals surface area contributed by atoms with Gasteiger partial charge in [-0.25, -0.2) is 0 Å². The van der Waals surface area contributed by atoms with E-state index in [1.54, 1.807) is 17.7 Å². The van der Waals surface area contributed by atoms with Crippen molar-refractivity contribution in [3.05, 3.63) is 52.9 Å². The van der Waals surface area contributed by atoms with E-state index in [1.165, 1.54) is 82.4 Å². The Morgan fingerprint density at radius 2 is 1.45 bits per heavy atom. The first-order valence-corrected chi connectivity index (χ1v) is 11.4. The van der Waals surface area contributed by atoms with E-state index in [2.05, 4.69) is 34.1 Å². The summed E-state index contributed by atoms with van der Waals surface area (Å²) in [6.45, 7) is 5.03. The summed E-state index contributed by atoms with van der Waals surface area (Å²) in [5, 5.41) is 0. The maximum atomic E-state index is 11.6. The Hall–Kier alpha value is -2.07. The van der Waals surface area contributed by atoms with Crippen LogP contribution in [0.3, 0.4) is 0 Å². The minimum absolute atomic E-state index is 0.0335. The van der Waals surface area contributed by atoms with Crippen LogP contribution in [0.5, 0.6) is 0 Å². The summed E-state index contributed by atoms with van der Waals surface area (Å²) in [4.78, 5) is 17.0. The van der Waals surface area contributed by atoms with E-state index >= 15 is 0 Å². The fraction of sp³-hybridized carbons (Fsp3) is 0.560. The summed E-state index contributed by atoms with van der Waals surface area (Å²) in [7, 11) is 1.81. The molecule has 5 rings (SSSR count). The Kier molecular flexibility index (Phi) is 4.99. The van der Waals surface area contributed by atoms with Crippen LogP contribution in [-0.2, 0) is 7.05 Å². The predicted octanol–water partition coefficient (Wildman–Crippen LogP) is 4.29. The molecule has 0 N–H and O–H groups in total. The minimum atomic E-state index is 0.0335. The molecule has 1 aliphatic carbocycles. The number of hydrogen-bond donors (Lipinski definition) is 0. The third-order valence-corrected chi connectivity index (χ3v) is 7.93. The van der Waals surface area contributed by atoms with Crippen molar-refractivity contribution >= 4 is 5.69 Å². The summed E-state index contributed by atoms with van der Waals surface area (Å²) in [6, 6.07) is 13.3. The molecule has 3 aliphatic rings. The fourth-order valence-corrected chi connectivity index (χ4v) is 5.48. The highest BCUT2D eigenvalue weighted by molar-refractivity contribution is 5.65. The van der Waals surface area contributed by atoms with Crippen molar-refractivity contribution in [2.45, 2.75) is 51.0 Å². The van der Waals surface area contributed by atoms with Gasteiger partial charge in [-0.3, -0.25) is 4.79 Å². The van der Waals surface area contributed by atoms with Crippen LogP contribution in [0.1, 0.15) is 44.9 Å². The third kappa shape index (κ3) is 3.75. The number of benzene rings is 1. The quantitative estimate of drug-likeness (QED) is 0.782. The average Bonchev–Trinajstić information content (AvgIpc) is 2.71. The van der Waals surface area contributed by atoms with Gasteiger partial charge in [0.2, 0.25) is 5.56 Å². The van der Waals surface area contributed by atoms with E-state index in [9.17, 15) is 4.79 Å². The second-order valence-electron chi connectivity index (χ2n) is 9.52. The number of likely N-dealkylation sites (tertiary alicyclic amines) is 1. The van der Waals surface area contributed by atoms with Gasteiger partial charge in [0.1, 0.15) is 0 Å². The topological polar surface area (TPSA) is 28.5 Å². The Morgan fingerprint density at radius 3 is 2.03 bits per heavy atom. The maximum absolute atomic E-state index is 11.6. The van der Waals surface area contributed by atoms with E-state index in [0.29, 0.717) is 5.41 Å². The molecule has 2 aromatic rings. The molecular weight excluding hydrogens is 358 g/mol. The van der Waals surface area contributed by atoms with Crippen molar-refractivity contribution < 1.29 is 0 Å². The first kappa shape index (κ1) is 18.9. The monoisotopic (exact) mass is 391 g/mol. The Morgan fingerprint density at radius 1 is 0.828 bits per heavy atom. The SMILES string of the molecule is Cn1cc(-c2ccc(N3CCC4(CC3)CCN(C3CCC3)CC4)cc2)ccc1=O. The average molecular weight is 392 g/mol. The molecule has 4 heteroatoms. The van der Waals surface area contributed by atoms with E-state index in [0.717, 1.165) is 11.6 Å². The molecule has 0 atom stereocenters. The summed E-state index contributed by atoms with van der Waals surface area (Å²) in [5.41, 5.74) is 4.23. The third-order valence-electron chi connectivity index (χ3n) is 7.93. The van der Waals surface area contributed by atoms with Crippen LogP contribution in [-0.4, -0.2) is 41.7 Å². The Labute approximate surface area is 174 Å². The number of anilines is 1. The number of hydrogen-bond acceptors (Lipinski definition) is 3. The Balaban J connectivity index is 1.20. The van der Waals surface area contributed by atoms with Crippen LogP contribution in [0.2, 0.25) is 0 Å². The number of pyridine rings is 1. The van der Waals surface area contributed by atoms with Crippen molar-refractivity contribution in [1.29, 1.82) is 0 Å². The van der Waals surface area contributed by atoms with Crippen molar-refractivity contribution in [2.75, 3.05) is 31.1 Å². The highest BCUT2D eigenvalue weighted by Gasteiger charge is 2.39. The number of aryl methyl sites for hydroxylation is 1. The Bertz CT molecular complexity index is 894. The highest BCUT2D eigenvalue weighted by Crippen LogP contribution is 2.43. The lowest BCUT2D eigenvalue weighted by Gasteiger charge is -2.50. The van der Waals surface area contributed by atoms with Crippen LogP contribution in [0, 0.1) is 5.41 Å². The molecule has 0 bridgehead atoms. The molecular formula is C25H33N3O. The molecule has 1 aromatic heterocycles. The van der Waals surface area contributed by atoms with Gasteiger partial charge >= 0.3 is 0 Å². The highest BCUT2D eigenvalue weighted by atomic mass is 16.1. The number of piperidine rings is 2. The molecule has 2 saturated heterocycles. The number of aromatic nitrogens is 1. The van der Waals surface area contributed by atoms with Crippen molar-refractivity contribution in [3.63, 3.8) is 0 Å². The zero-order valence-corrected chi connectivity index (χ0v) is 17.6. The van der Waals surface area contributed by atoms with Gasteiger partial charge in [-0.1, -0.05) is 18.6 Å². The van der Waals surface area contributed by atoms with Gasteiger partial charge in [-0.05, 0) is 86.4 Å². The van der Waals surface area contributed by atoms with Crippen LogP contribution in [0.25, 0.3) is 11.1 Å². The second kappa shape index (κ2) is 7.64. The minimum Gasteiger partial charge on any atom is -0.371 e. The van der Waals surface area contributed by atoms with Gasteiger partial charge in [0.15, 0.2) is 0 Å². The van der Waals surface area contributed by atoms with Crippen LogP contribution in [0.4, 0.5) is 5.69 Å². The standard InChI is InChI=1S/C25H33N3O/c1-26-19-21(7-10-24(26)29)20-5-8-23(9-6-20)28-17-13-25(14-18-28)11-15-27(16-12-25)22-3-2-4-22/h5-10,19,22H,2-4,11-18H2,1H3. The molecule has 29 heavy (non-hydrogen) atoms. The largest absolute Gasteiger partial charge is 0.371 e. The van der Waals surface area contributed by atoms with E-state index in [1.807, 2.05) is 12.3 Å². The van der Waals surface area contributed by atoms with E-state index in [-0.39, 0.29) is 5.56 Å². The second-order valence-corrected chi connectivity index (χ2v) is 9.52. The molecule has 154 valence electrons. The lowest BCUT2D eigenvalue weighted by atomic mass is 9.70. The number of nitrogens with zero attached hydrogens (tertiary/aromatic N) is 3. The van der Waals surface area contributed by atoms with E-state index in [4.69, 9.17) is 0 Å². The molecule has 3 heterocycles. The zero-order chi connectivity index (χ0) is 19.8. The van der Waals surface area contributed by atoms with Crippen molar-refractivity contribution in [1.82, 2.24) is 9.47 Å². The summed E-state index contributed by atoms with van der Waals surface area (Å²) in [6.07, 6.45) is 11.7. The lowest BCUT2D eigenvalue weighted by Crippen LogP contribution is -2.50. The predicted molar refractivity (Wildman–Crippen MR) is 119 cm³/mol. The molecule has 1 aromatic carbocycles. The lowest BCUT2D eigenvalue weighted by molar-refractivity contribution is 0.0306. The molecule has 3 fully saturated rings. The molecule has 2 aliphatic heterocycles. The van der Waals surface area contributed by atoms with Crippen LogP contribution in [0.15, 0.2) is 47.4 Å². The summed E-state index contributed by atoms with van der Waals surface area (Å²) < 4.78 is 1.64. The number of rotatable bonds is 3. The summed E-state index contributed by atoms with van der Waals surface area (Å²) >= 11 is 0. The normalized spacial score (nSPS) is 22.6. The summed E-state index contributed by atoms with van der Waals surface area (Å²) in [5.74, 6) is 0. The van der Waals surface area contributed by atoms with Gasteiger partial charge in [-0.2, -0.15) is 0 Å². The molecule has 1 spiro atoms. The van der Waals surface area contributed by atoms with Gasteiger partial charge < -0.3 is 14.4 Å². The first-order valence-electron chi connectivity index (χ1n) is 11.4. The maximum Gasteiger partial charge on any atom is 0.250 e. The van der Waals surface area contributed by atoms with Gasteiger partial charge in [0.25, 0.3) is 0 Å². The van der Waals surface area contributed by atoms with Crippen molar-refractivity contribution in [2.24, 2.45) is 12.5 Å². The van der Waals surface area contributed by atoms with Gasteiger partial charge in [0.05, 0.1) is 0 Å². The van der Waals surface area contributed by atoms with Gasteiger partial charge in [-0.15, -0.1) is 0 Å². The smallest absolute Gasteiger partial charge is 0.250 e. The van der Waals surface area contributed by atoms with Gasteiger partial charge in [0, 0.05) is 44.1 Å². The molecule has 0 unspecified atom stereocenters. The van der Waals surface area contributed by atoms with Crippen LogP contribution >= 0.6 is 0 Å². The first-order chi connectivity index (χ1) is 14.1.